The van der Waals surface area contributed by atoms with Gasteiger partial charge in [-0.2, -0.15) is 0 Å². The molecule has 0 bridgehead atoms. The van der Waals surface area contributed by atoms with Crippen molar-refractivity contribution in [3.8, 4) is 0 Å². The Balaban J connectivity index is 3.78. The van der Waals surface area contributed by atoms with E-state index in [-0.39, 0.29) is 0 Å². The van der Waals surface area contributed by atoms with Gasteiger partial charge in [0.2, 0.25) is 0 Å². The van der Waals surface area contributed by atoms with Gasteiger partial charge in [-0.15, -0.1) is 0 Å². The molecular formula is C24H46Si2. The zero-order valence-corrected chi connectivity index (χ0v) is 21.8. The number of hydrogen-bond acceptors (Lipinski definition) is 0. The van der Waals surface area contributed by atoms with Gasteiger partial charge in [0.05, 0.1) is 16.1 Å². The first-order valence-corrected chi connectivity index (χ1v) is 15.4. The lowest BCUT2D eigenvalue weighted by Gasteiger charge is -2.46. The smallest absolute Gasteiger partial charge is 0.0648 e. The van der Waals surface area contributed by atoms with Gasteiger partial charge in [-0.05, 0) is 33.2 Å². The van der Waals surface area contributed by atoms with Crippen LogP contribution in [0.2, 0.25) is 33.2 Å². The van der Waals surface area contributed by atoms with Crippen molar-refractivity contribution in [3.63, 3.8) is 0 Å². The minimum absolute atomic E-state index is 0.769. The standard InChI is InChI=1S/C24H46Si2/c1-17(2)25(18(3)4,19(5)6)23-14-13-15-24(16-23)26(20(7)8,21(9)10)22(11)12/h13-22H,1-12H3. The van der Waals surface area contributed by atoms with Gasteiger partial charge in [-0.1, -0.05) is 118 Å². The molecule has 0 aliphatic rings. The van der Waals surface area contributed by atoms with E-state index in [1.807, 2.05) is 0 Å². The van der Waals surface area contributed by atoms with Crippen LogP contribution in [-0.2, 0) is 0 Å². The molecule has 0 saturated heterocycles. The van der Waals surface area contributed by atoms with Gasteiger partial charge in [0.15, 0.2) is 0 Å². The normalized spacial score (nSPS) is 13.9. The van der Waals surface area contributed by atoms with E-state index in [1.54, 1.807) is 10.4 Å². The van der Waals surface area contributed by atoms with Crippen molar-refractivity contribution >= 4 is 26.5 Å². The monoisotopic (exact) mass is 390 g/mol. The zero-order chi connectivity index (χ0) is 20.4. The average molecular weight is 391 g/mol. The summed E-state index contributed by atoms with van der Waals surface area (Å²) in [5.74, 6) is 0. The quantitative estimate of drug-likeness (QED) is 0.404. The molecule has 2 heteroatoms. The van der Waals surface area contributed by atoms with Crippen molar-refractivity contribution < 1.29 is 0 Å². The highest BCUT2D eigenvalue weighted by atomic mass is 28.3. The SMILES string of the molecule is CC(C)[Si](c1cccc([Si](C(C)C)(C(C)C)C(C)C)c1)(C(C)C)C(C)C. The fourth-order valence-corrected chi connectivity index (χ4v) is 20.8. The largest absolute Gasteiger partial charge is 0.0942 e. The molecule has 0 spiro atoms. The van der Waals surface area contributed by atoms with Crippen molar-refractivity contribution in [1.29, 1.82) is 0 Å². The summed E-state index contributed by atoms with van der Waals surface area (Å²) in [5, 5.41) is 3.43. The maximum Gasteiger partial charge on any atom is 0.0942 e. The van der Waals surface area contributed by atoms with Gasteiger partial charge in [-0.3, -0.25) is 0 Å². The van der Waals surface area contributed by atoms with Crippen LogP contribution < -0.4 is 10.4 Å². The molecule has 0 radical (unpaired) electrons. The topological polar surface area (TPSA) is 0 Å². The molecule has 0 aromatic heterocycles. The molecular weight excluding hydrogens is 344 g/mol. The minimum atomic E-state index is -1.60. The first-order chi connectivity index (χ1) is 11.9. The average Bonchev–Trinajstić information content (AvgIpc) is 2.46. The van der Waals surface area contributed by atoms with Crippen LogP contribution in [-0.4, -0.2) is 16.1 Å². The summed E-state index contributed by atoms with van der Waals surface area (Å²) in [6.07, 6.45) is 0. The van der Waals surface area contributed by atoms with Crippen LogP contribution in [0.1, 0.15) is 83.1 Å². The maximum absolute atomic E-state index is 2.71. The Morgan fingerprint density at radius 1 is 0.462 bits per heavy atom. The Hall–Kier alpha value is -0.346. The molecule has 26 heavy (non-hydrogen) atoms. The van der Waals surface area contributed by atoms with Crippen molar-refractivity contribution in [2.24, 2.45) is 0 Å². The maximum atomic E-state index is 2.71. The second-order valence-corrected chi connectivity index (χ2v) is 22.2. The molecule has 0 unspecified atom stereocenters. The van der Waals surface area contributed by atoms with Gasteiger partial charge in [-0.25, -0.2) is 0 Å². The van der Waals surface area contributed by atoms with E-state index in [0.29, 0.717) is 0 Å². The summed E-state index contributed by atoms with van der Waals surface area (Å²) in [4.78, 5) is 0. The van der Waals surface area contributed by atoms with E-state index in [0.717, 1.165) is 33.2 Å². The Morgan fingerprint density at radius 2 is 0.692 bits per heavy atom. The van der Waals surface area contributed by atoms with Crippen molar-refractivity contribution in [1.82, 2.24) is 0 Å². The predicted octanol–water partition coefficient (Wildman–Crippen LogP) is 7.46. The summed E-state index contributed by atoms with van der Waals surface area (Å²) in [6, 6.07) is 10.1. The van der Waals surface area contributed by atoms with Gasteiger partial charge in [0, 0.05) is 0 Å². The third-order valence-electron chi connectivity index (χ3n) is 7.59. The van der Waals surface area contributed by atoms with Crippen LogP contribution in [0.15, 0.2) is 24.3 Å². The first-order valence-electron chi connectivity index (χ1n) is 11.0. The van der Waals surface area contributed by atoms with Crippen LogP contribution in [0.3, 0.4) is 0 Å². The van der Waals surface area contributed by atoms with E-state index in [2.05, 4.69) is 107 Å². The Bertz CT molecular complexity index is 477. The third kappa shape index (κ3) is 3.65. The Morgan fingerprint density at radius 3 is 0.885 bits per heavy atom. The van der Waals surface area contributed by atoms with Crippen LogP contribution in [0.4, 0.5) is 0 Å². The minimum Gasteiger partial charge on any atom is -0.0648 e. The van der Waals surface area contributed by atoms with E-state index in [9.17, 15) is 0 Å². The highest BCUT2D eigenvalue weighted by Crippen LogP contribution is 2.43. The van der Waals surface area contributed by atoms with Gasteiger partial charge < -0.3 is 0 Å². The molecule has 0 amide bonds. The second kappa shape index (κ2) is 8.77. The van der Waals surface area contributed by atoms with E-state index < -0.39 is 16.1 Å². The molecule has 1 rings (SSSR count). The van der Waals surface area contributed by atoms with E-state index >= 15 is 0 Å². The molecule has 0 nitrogen and oxygen atoms in total. The highest BCUT2D eigenvalue weighted by molar-refractivity contribution is 6.97. The molecule has 0 atom stereocenters. The zero-order valence-electron chi connectivity index (χ0n) is 19.8. The van der Waals surface area contributed by atoms with Crippen LogP contribution in [0.25, 0.3) is 0 Å². The summed E-state index contributed by atoms with van der Waals surface area (Å²) in [7, 11) is -3.19. The molecule has 0 fully saturated rings. The van der Waals surface area contributed by atoms with E-state index in [4.69, 9.17) is 0 Å². The fourth-order valence-electron chi connectivity index (χ4n) is 7.06. The summed E-state index contributed by atoms with van der Waals surface area (Å²) in [6.45, 7) is 29.8. The molecule has 0 heterocycles. The highest BCUT2D eigenvalue weighted by Gasteiger charge is 2.47. The molecule has 0 aliphatic heterocycles. The lowest BCUT2D eigenvalue weighted by atomic mass is 10.3. The van der Waals surface area contributed by atoms with Crippen molar-refractivity contribution in [3.05, 3.63) is 24.3 Å². The summed E-state index contributed by atoms with van der Waals surface area (Å²) < 4.78 is 0. The number of benzene rings is 1. The summed E-state index contributed by atoms with van der Waals surface area (Å²) >= 11 is 0. The van der Waals surface area contributed by atoms with Gasteiger partial charge >= 0.3 is 0 Å². The molecule has 150 valence electrons. The van der Waals surface area contributed by atoms with Crippen LogP contribution in [0, 0.1) is 0 Å². The number of rotatable bonds is 8. The second-order valence-electron chi connectivity index (χ2n) is 10.4. The van der Waals surface area contributed by atoms with Crippen LogP contribution in [0.5, 0.6) is 0 Å². The summed E-state index contributed by atoms with van der Waals surface area (Å²) in [5.41, 5.74) is 4.62. The Labute approximate surface area is 167 Å². The molecule has 1 aromatic rings. The first kappa shape index (κ1) is 23.7. The van der Waals surface area contributed by atoms with Gasteiger partial charge in [0.25, 0.3) is 0 Å². The van der Waals surface area contributed by atoms with Crippen molar-refractivity contribution in [2.75, 3.05) is 0 Å². The predicted molar refractivity (Wildman–Crippen MR) is 128 cm³/mol. The molecule has 0 aliphatic carbocycles. The lowest BCUT2D eigenvalue weighted by molar-refractivity contribution is 0.832. The van der Waals surface area contributed by atoms with E-state index in [1.165, 1.54) is 0 Å². The van der Waals surface area contributed by atoms with Crippen molar-refractivity contribution in [2.45, 2.75) is 116 Å². The molecule has 0 saturated carbocycles. The van der Waals surface area contributed by atoms with Crippen LogP contribution >= 0.6 is 0 Å². The number of hydrogen-bond donors (Lipinski definition) is 0. The fraction of sp³-hybridized carbons (Fsp3) is 0.750. The third-order valence-corrected chi connectivity index (χ3v) is 21.7. The molecule has 1 aromatic carbocycles. The van der Waals surface area contributed by atoms with Gasteiger partial charge in [0.1, 0.15) is 0 Å². The molecule has 0 N–H and O–H groups in total. The Kier molecular flexibility index (Phi) is 7.99. The lowest BCUT2D eigenvalue weighted by Crippen LogP contribution is -2.60.